The number of aryl methyl sites for hydroxylation is 1. The lowest BCUT2D eigenvalue weighted by molar-refractivity contribution is -0.131. The van der Waals surface area contributed by atoms with Crippen molar-refractivity contribution < 1.29 is 9.53 Å². The smallest absolute Gasteiger partial charge is 0.223 e. The van der Waals surface area contributed by atoms with Crippen molar-refractivity contribution in [3.8, 4) is 5.75 Å². The first-order valence-electron chi connectivity index (χ1n) is 11.9. The highest BCUT2D eigenvalue weighted by Crippen LogP contribution is 2.34. The normalized spacial score (nSPS) is 14.9. The SMILES string of the molecule is COc1ccc(N2CCN(C(=O)CC(c3cccc(C)c3)c3c[nH]c4ccccc34)CC2)cc1. The molecule has 1 atom stereocenters. The van der Waals surface area contributed by atoms with Gasteiger partial charge in [-0.1, -0.05) is 48.0 Å². The number of carbonyl (C=O) groups is 1. The molecule has 4 aromatic rings. The number of aromatic nitrogens is 1. The number of nitrogens with zero attached hydrogens (tertiary/aromatic N) is 2. The van der Waals surface area contributed by atoms with Gasteiger partial charge >= 0.3 is 0 Å². The molecule has 5 rings (SSSR count). The van der Waals surface area contributed by atoms with Gasteiger partial charge in [0.2, 0.25) is 5.91 Å². The van der Waals surface area contributed by atoms with Gasteiger partial charge in [0.15, 0.2) is 0 Å². The number of piperazine rings is 1. The molecule has 0 bridgehead atoms. The van der Waals surface area contributed by atoms with Crippen molar-refractivity contribution >= 4 is 22.5 Å². The Morgan fingerprint density at radius 1 is 0.971 bits per heavy atom. The standard InChI is InChI=1S/C29H31N3O2/c1-21-6-5-7-22(18-21)26(27-20-30-28-9-4-3-8-25(27)28)19-29(33)32-16-14-31(15-17-32)23-10-12-24(34-2)13-11-23/h3-13,18,20,26,30H,14-17,19H2,1-2H3. The molecule has 1 aliphatic rings. The fourth-order valence-corrected chi connectivity index (χ4v) is 4.99. The molecule has 0 radical (unpaired) electrons. The van der Waals surface area contributed by atoms with Crippen molar-refractivity contribution in [2.75, 3.05) is 38.2 Å². The van der Waals surface area contributed by atoms with Crippen LogP contribution in [0.4, 0.5) is 5.69 Å². The Hall–Kier alpha value is -3.73. The van der Waals surface area contributed by atoms with Gasteiger partial charge in [0.05, 0.1) is 7.11 Å². The van der Waals surface area contributed by atoms with E-state index in [1.54, 1.807) is 7.11 Å². The molecule has 0 aliphatic carbocycles. The van der Waals surface area contributed by atoms with E-state index in [2.05, 4.69) is 77.6 Å². The summed E-state index contributed by atoms with van der Waals surface area (Å²) < 4.78 is 5.27. The topological polar surface area (TPSA) is 48.6 Å². The zero-order valence-corrected chi connectivity index (χ0v) is 19.8. The van der Waals surface area contributed by atoms with Crippen LogP contribution >= 0.6 is 0 Å². The number of methoxy groups -OCH3 is 1. The zero-order valence-electron chi connectivity index (χ0n) is 19.8. The second kappa shape index (κ2) is 9.64. The number of rotatable bonds is 6. The number of anilines is 1. The minimum Gasteiger partial charge on any atom is -0.497 e. The first kappa shape index (κ1) is 22.1. The number of benzene rings is 3. The van der Waals surface area contributed by atoms with E-state index in [4.69, 9.17) is 4.74 Å². The maximum atomic E-state index is 13.5. The fourth-order valence-electron chi connectivity index (χ4n) is 4.99. The van der Waals surface area contributed by atoms with E-state index in [0.717, 1.165) is 37.4 Å². The van der Waals surface area contributed by atoms with Gasteiger partial charge in [-0.05, 0) is 48.4 Å². The molecule has 34 heavy (non-hydrogen) atoms. The van der Waals surface area contributed by atoms with Gasteiger partial charge in [-0.25, -0.2) is 0 Å². The average molecular weight is 454 g/mol. The van der Waals surface area contributed by atoms with Crippen LogP contribution in [0.3, 0.4) is 0 Å². The van der Waals surface area contributed by atoms with E-state index in [0.29, 0.717) is 6.42 Å². The highest BCUT2D eigenvalue weighted by molar-refractivity contribution is 5.86. The molecule has 0 spiro atoms. The average Bonchev–Trinajstić information content (AvgIpc) is 3.31. The number of carbonyl (C=O) groups excluding carboxylic acids is 1. The van der Waals surface area contributed by atoms with Gasteiger partial charge in [0, 0.05) is 61.3 Å². The number of ether oxygens (including phenoxy) is 1. The van der Waals surface area contributed by atoms with Gasteiger partial charge in [-0.3, -0.25) is 4.79 Å². The van der Waals surface area contributed by atoms with Gasteiger partial charge in [-0.2, -0.15) is 0 Å². The highest BCUT2D eigenvalue weighted by Gasteiger charge is 2.27. The molecule has 174 valence electrons. The summed E-state index contributed by atoms with van der Waals surface area (Å²) in [5.41, 5.74) is 5.87. The quantitative estimate of drug-likeness (QED) is 0.428. The Morgan fingerprint density at radius 3 is 2.47 bits per heavy atom. The fraction of sp³-hybridized carbons (Fsp3) is 0.276. The van der Waals surface area contributed by atoms with Crippen LogP contribution in [0.1, 0.15) is 29.0 Å². The summed E-state index contributed by atoms with van der Waals surface area (Å²) in [6.07, 6.45) is 2.54. The predicted molar refractivity (Wildman–Crippen MR) is 138 cm³/mol. The van der Waals surface area contributed by atoms with E-state index in [1.807, 2.05) is 23.1 Å². The number of aromatic amines is 1. The third-order valence-corrected chi connectivity index (χ3v) is 6.89. The molecular weight excluding hydrogens is 422 g/mol. The zero-order chi connectivity index (χ0) is 23.5. The molecule has 1 aliphatic heterocycles. The molecular formula is C29H31N3O2. The molecule has 1 N–H and O–H groups in total. The van der Waals surface area contributed by atoms with Crippen molar-refractivity contribution in [2.45, 2.75) is 19.3 Å². The largest absolute Gasteiger partial charge is 0.497 e. The number of amides is 1. The molecule has 3 aromatic carbocycles. The summed E-state index contributed by atoms with van der Waals surface area (Å²) in [6.45, 7) is 5.25. The van der Waals surface area contributed by atoms with Gasteiger partial charge in [-0.15, -0.1) is 0 Å². The summed E-state index contributed by atoms with van der Waals surface area (Å²) in [5.74, 6) is 1.09. The Bertz CT molecular complexity index is 1270. The molecule has 1 saturated heterocycles. The van der Waals surface area contributed by atoms with Crippen molar-refractivity contribution in [1.29, 1.82) is 0 Å². The van der Waals surface area contributed by atoms with Crippen LogP contribution < -0.4 is 9.64 Å². The lowest BCUT2D eigenvalue weighted by Gasteiger charge is -2.36. The Morgan fingerprint density at radius 2 is 1.74 bits per heavy atom. The van der Waals surface area contributed by atoms with E-state index in [9.17, 15) is 4.79 Å². The van der Waals surface area contributed by atoms with Crippen LogP contribution in [0.5, 0.6) is 5.75 Å². The lowest BCUT2D eigenvalue weighted by atomic mass is 9.87. The molecule has 1 amide bonds. The third-order valence-electron chi connectivity index (χ3n) is 6.89. The van der Waals surface area contributed by atoms with Crippen molar-refractivity contribution in [1.82, 2.24) is 9.88 Å². The van der Waals surface area contributed by atoms with Gasteiger partial charge in [0.1, 0.15) is 5.75 Å². The van der Waals surface area contributed by atoms with Crippen LogP contribution in [0, 0.1) is 6.92 Å². The molecule has 1 aromatic heterocycles. The summed E-state index contributed by atoms with van der Waals surface area (Å²) in [4.78, 5) is 21.3. The number of para-hydroxylation sites is 1. The van der Waals surface area contributed by atoms with Crippen LogP contribution in [-0.4, -0.2) is 49.1 Å². The first-order valence-corrected chi connectivity index (χ1v) is 11.9. The van der Waals surface area contributed by atoms with Crippen molar-refractivity contribution in [3.63, 3.8) is 0 Å². The summed E-state index contributed by atoms with van der Waals surface area (Å²) in [5, 5.41) is 1.19. The molecule has 1 fully saturated rings. The minimum absolute atomic E-state index is 0.0168. The van der Waals surface area contributed by atoms with Crippen LogP contribution in [0.25, 0.3) is 10.9 Å². The van der Waals surface area contributed by atoms with Crippen LogP contribution in [0.2, 0.25) is 0 Å². The number of H-pyrrole nitrogens is 1. The first-order chi connectivity index (χ1) is 16.6. The predicted octanol–water partition coefficient (Wildman–Crippen LogP) is 5.36. The van der Waals surface area contributed by atoms with Crippen LogP contribution in [0.15, 0.2) is 79.0 Å². The Labute approximate surface area is 201 Å². The second-order valence-corrected chi connectivity index (χ2v) is 9.03. The minimum atomic E-state index is 0.0168. The number of fused-ring (bicyclic) bond motifs is 1. The lowest BCUT2D eigenvalue weighted by Crippen LogP contribution is -2.49. The monoisotopic (exact) mass is 453 g/mol. The Balaban J connectivity index is 1.33. The molecule has 5 nitrogen and oxygen atoms in total. The van der Waals surface area contributed by atoms with Crippen LogP contribution in [-0.2, 0) is 4.79 Å². The summed E-state index contributed by atoms with van der Waals surface area (Å²) >= 11 is 0. The van der Waals surface area contributed by atoms with Gasteiger partial charge < -0.3 is 19.5 Å². The van der Waals surface area contributed by atoms with E-state index in [-0.39, 0.29) is 11.8 Å². The van der Waals surface area contributed by atoms with Gasteiger partial charge in [0.25, 0.3) is 0 Å². The second-order valence-electron chi connectivity index (χ2n) is 9.03. The molecule has 2 heterocycles. The number of hydrogen-bond acceptors (Lipinski definition) is 3. The maximum Gasteiger partial charge on any atom is 0.223 e. The highest BCUT2D eigenvalue weighted by atomic mass is 16.5. The van der Waals surface area contributed by atoms with E-state index >= 15 is 0 Å². The van der Waals surface area contributed by atoms with E-state index in [1.165, 1.54) is 27.8 Å². The molecule has 1 unspecified atom stereocenters. The Kier molecular flexibility index (Phi) is 6.26. The number of hydrogen-bond donors (Lipinski definition) is 1. The van der Waals surface area contributed by atoms with Crippen molar-refractivity contribution in [3.05, 3.63) is 95.7 Å². The number of nitrogens with one attached hydrogen (secondary N) is 1. The van der Waals surface area contributed by atoms with Crippen molar-refractivity contribution in [2.24, 2.45) is 0 Å². The third kappa shape index (κ3) is 4.51. The summed E-state index contributed by atoms with van der Waals surface area (Å²) in [6, 6.07) is 25.0. The molecule has 5 heteroatoms. The maximum absolute atomic E-state index is 13.5. The van der Waals surface area contributed by atoms with E-state index < -0.39 is 0 Å². The summed E-state index contributed by atoms with van der Waals surface area (Å²) in [7, 11) is 1.68. The molecule has 0 saturated carbocycles.